The lowest BCUT2D eigenvalue weighted by molar-refractivity contribution is 0.190. The molecule has 18 heavy (non-hydrogen) atoms. The highest BCUT2D eigenvalue weighted by Crippen LogP contribution is 2.30. The van der Waals surface area contributed by atoms with Crippen LogP contribution < -0.4 is 14.8 Å². The summed E-state index contributed by atoms with van der Waals surface area (Å²) in [5.41, 5.74) is 0.638. The number of pyridine rings is 1. The van der Waals surface area contributed by atoms with Gasteiger partial charge >= 0.3 is 6.09 Å². The number of hydrogen-bond donors (Lipinski definition) is 2. The summed E-state index contributed by atoms with van der Waals surface area (Å²) in [6.07, 6.45) is -0.649. The number of aromatic nitrogens is 1. The smallest absolute Gasteiger partial charge is 0.404 e. The fraction of sp³-hybridized carbons (Fsp3) is 0.455. The van der Waals surface area contributed by atoms with Crippen LogP contribution in [0.25, 0.3) is 0 Å². The lowest BCUT2D eigenvalue weighted by Gasteiger charge is -2.15. The summed E-state index contributed by atoms with van der Waals surface area (Å²) in [4.78, 5) is 14.8. The van der Waals surface area contributed by atoms with Crippen molar-refractivity contribution in [2.24, 2.45) is 0 Å². The van der Waals surface area contributed by atoms with Crippen molar-refractivity contribution >= 4 is 22.0 Å². The van der Waals surface area contributed by atoms with Gasteiger partial charge in [-0.15, -0.1) is 0 Å². The van der Waals surface area contributed by atoms with Crippen LogP contribution in [-0.2, 0) is 6.42 Å². The highest BCUT2D eigenvalue weighted by Gasteiger charge is 2.15. The number of amides is 1. The van der Waals surface area contributed by atoms with Crippen molar-refractivity contribution < 1.29 is 19.4 Å². The summed E-state index contributed by atoms with van der Waals surface area (Å²) in [5.74, 6) is 1.02. The van der Waals surface area contributed by atoms with Crippen LogP contribution in [0.3, 0.4) is 0 Å². The maximum Gasteiger partial charge on any atom is 0.404 e. The van der Waals surface area contributed by atoms with Gasteiger partial charge in [0.15, 0.2) is 0 Å². The second-order valence-corrected chi connectivity index (χ2v) is 4.54. The van der Waals surface area contributed by atoms with Crippen molar-refractivity contribution in [1.82, 2.24) is 10.3 Å². The molecule has 0 aromatic carbocycles. The number of ether oxygens (including phenoxy) is 2. The third-order valence-corrected chi connectivity index (χ3v) is 2.83. The van der Waals surface area contributed by atoms with Crippen molar-refractivity contribution in [1.29, 1.82) is 0 Å². The summed E-state index contributed by atoms with van der Waals surface area (Å²) in [5, 5.41) is 11.0. The molecule has 0 fully saturated rings. The van der Waals surface area contributed by atoms with Gasteiger partial charge in [-0.2, -0.15) is 0 Å². The molecule has 0 saturated heterocycles. The zero-order valence-corrected chi connectivity index (χ0v) is 11.9. The minimum Gasteiger partial charge on any atom is -0.495 e. The van der Waals surface area contributed by atoms with Gasteiger partial charge in [0.05, 0.1) is 24.4 Å². The Hall–Kier alpha value is -1.50. The van der Waals surface area contributed by atoms with E-state index in [2.05, 4.69) is 26.2 Å². The maximum atomic E-state index is 10.5. The maximum absolute atomic E-state index is 10.5. The van der Waals surface area contributed by atoms with E-state index in [9.17, 15) is 4.79 Å². The molecule has 1 heterocycles. The highest BCUT2D eigenvalue weighted by atomic mass is 79.9. The summed E-state index contributed by atoms with van der Waals surface area (Å²) in [6.45, 7) is 1.75. The molecule has 0 saturated carbocycles. The normalized spacial score (nSPS) is 11.8. The van der Waals surface area contributed by atoms with Gasteiger partial charge in [0.25, 0.3) is 0 Å². The monoisotopic (exact) mass is 318 g/mol. The Morgan fingerprint density at radius 1 is 1.56 bits per heavy atom. The first-order valence-corrected chi connectivity index (χ1v) is 6.04. The molecular formula is C11H15BrN2O4. The fourth-order valence-electron chi connectivity index (χ4n) is 1.51. The first-order chi connectivity index (χ1) is 8.47. The quantitative estimate of drug-likeness (QED) is 0.868. The number of rotatable bonds is 5. The van der Waals surface area contributed by atoms with E-state index in [4.69, 9.17) is 14.6 Å². The van der Waals surface area contributed by atoms with Gasteiger partial charge in [-0.05, 0) is 22.9 Å². The Morgan fingerprint density at radius 3 is 2.72 bits per heavy atom. The second kappa shape index (κ2) is 6.44. The Labute approximate surface area is 113 Å². The Bertz CT molecular complexity index is 439. The van der Waals surface area contributed by atoms with E-state index in [1.54, 1.807) is 13.0 Å². The number of methoxy groups -OCH3 is 2. The first-order valence-electron chi connectivity index (χ1n) is 5.24. The molecule has 1 amide bonds. The number of hydrogen-bond acceptors (Lipinski definition) is 4. The molecule has 0 aliphatic heterocycles. The lowest BCUT2D eigenvalue weighted by atomic mass is 10.1. The SMILES string of the molecule is COc1cc(Br)c(OC)nc1CC(C)NC(=O)O. The van der Waals surface area contributed by atoms with E-state index >= 15 is 0 Å². The van der Waals surface area contributed by atoms with Crippen LogP contribution in [-0.4, -0.2) is 36.4 Å². The average Bonchev–Trinajstić information content (AvgIpc) is 2.29. The van der Waals surface area contributed by atoms with E-state index in [0.29, 0.717) is 28.2 Å². The van der Waals surface area contributed by atoms with Crippen LogP contribution in [0.2, 0.25) is 0 Å². The molecule has 1 unspecified atom stereocenters. The zero-order valence-electron chi connectivity index (χ0n) is 10.4. The molecule has 1 rings (SSSR count). The van der Waals surface area contributed by atoms with Crippen LogP contribution in [0.4, 0.5) is 4.79 Å². The predicted molar refractivity (Wildman–Crippen MR) is 69.4 cm³/mol. The van der Waals surface area contributed by atoms with Crippen molar-refractivity contribution in [2.75, 3.05) is 14.2 Å². The van der Waals surface area contributed by atoms with E-state index in [1.165, 1.54) is 14.2 Å². The molecule has 1 atom stereocenters. The number of carbonyl (C=O) groups is 1. The number of halogens is 1. The summed E-state index contributed by atoms with van der Waals surface area (Å²) in [6, 6.07) is 1.48. The lowest BCUT2D eigenvalue weighted by Crippen LogP contribution is -2.33. The fourth-order valence-corrected chi connectivity index (χ4v) is 1.97. The Kier molecular flexibility index (Phi) is 5.21. The topological polar surface area (TPSA) is 80.7 Å². The van der Waals surface area contributed by atoms with E-state index < -0.39 is 6.09 Å². The highest BCUT2D eigenvalue weighted by molar-refractivity contribution is 9.10. The van der Waals surface area contributed by atoms with Crippen molar-refractivity contribution in [3.05, 3.63) is 16.2 Å². The molecule has 100 valence electrons. The number of carboxylic acid groups (broad SMARTS) is 1. The van der Waals surface area contributed by atoms with Crippen LogP contribution in [0.1, 0.15) is 12.6 Å². The van der Waals surface area contributed by atoms with Crippen molar-refractivity contribution in [3.8, 4) is 11.6 Å². The molecule has 0 aliphatic carbocycles. The van der Waals surface area contributed by atoms with Gasteiger partial charge in [-0.3, -0.25) is 0 Å². The van der Waals surface area contributed by atoms with Gasteiger partial charge in [-0.1, -0.05) is 0 Å². The van der Waals surface area contributed by atoms with E-state index in [0.717, 1.165) is 0 Å². The molecule has 1 aromatic heterocycles. The minimum absolute atomic E-state index is 0.269. The molecule has 6 nitrogen and oxygen atoms in total. The average molecular weight is 319 g/mol. The van der Waals surface area contributed by atoms with Gasteiger partial charge in [-0.25, -0.2) is 9.78 Å². The molecule has 0 aliphatic rings. The Balaban J connectivity index is 2.95. The van der Waals surface area contributed by atoms with Crippen molar-refractivity contribution in [2.45, 2.75) is 19.4 Å². The van der Waals surface area contributed by atoms with Gasteiger partial charge in [0.1, 0.15) is 5.75 Å². The first kappa shape index (κ1) is 14.6. The molecular weight excluding hydrogens is 304 g/mol. The zero-order chi connectivity index (χ0) is 13.7. The van der Waals surface area contributed by atoms with Crippen LogP contribution in [0.15, 0.2) is 10.5 Å². The Morgan fingerprint density at radius 2 is 2.22 bits per heavy atom. The van der Waals surface area contributed by atoms with Gasteiger partial charge < -0.3 is 19.9 Å². The van der Waals surface area contributed by atoms with Crippen LogP contribution in [0.5, 0.6) is 11.6 Å². The second-order valence-electron chi connectivity index (χ2n) is 3.68. The largest absolute Gasteiger partial charge is 0.495 e. The van der Waals surface area contributed by atoms with E-state index in [-0.39, 0.29) is 6.04 Å². The van der Waals surface area contributed by atoms with Gasteiger partial charge in [0, 0.05) is 18.5 Å². The molecule has 0 radical (unpaired) electrons. The minimum atomic E-state index is -1.06. The molecule has 1 aromatic rings. The van der Waals surface area contributed by atoms with Crippen molar-refractivity contribution in [3.63, 3.8) is 0 Å². The summed E-state index contributed by atoms with van der Waals surface area (Å²) in [7, 11) is 3.05. The summed E-state index contributed by atoms with van der Waals surface area (Å²) >= 11 is 3.31. The molecule has 0 bridgehead atoms. The van der Waals surface area contributed by atoms with Crippen LogP contribution in [0, 0.1) is 0 Å². The van der Waals surface area contributed by atoms with Crippen LogP contribution >= 0.6 is 15.9 Å². The molecule has 7 heteroatoms. The predicted octanol–water partition coefficient (Wildman–Crippen LogP) is 2.06. The molecule has 0 spiro atoms. The molecule has 2 N–H and O–H groups in total. The third-order valence-electron chi connectivity index (χ3n) is 2.27. The summed E-state index contributed by atoms with van der Waals surface area (Å²) < 4.78 is 11.0. The standard InChI is InChI=1S/C11H15BrN2O4/c1-6(13-11(15)16)4-8-9(17-2)5-7(12)10(14-8)18-3/h5-6,13H,4H2,1-3H3,(H,15,16). The number of nitrogens with one attached hydrogen (secondary N) is 1. The number of nitrogens with zero attached hydrogens (tertiary/aromatic N) is 1. The third kappa shape index (κ3) is 3.76. The van der Waals surface area contributed by atoms with E-state index in [1.807, 2.05) is 0 Å². The van der Waals surface area contributed by atoms with Gasteiger partial charge in [0.2, 0.25) is 5.88 Å².